The molecule has 2 aromatic rings. The molecule has 1 aliphatic rings. The third-order valence-corrected chi connectivity index (χ3v) is 6.18. The van der Waals surface area contributed by atoms with Crippen LogP contribution in [0.4, 0.5) is 5.69 Å². The number of hydrogen-bond acceptors (Lipinski definition) is 2. The number of aryl methyl sites for hydroxylation is 2. The molecule has 110 valence electrons. The van der Waals surface area contributed by atoms with Crippen molar-refractivity contribution in [1.29, 1.82) is 0 Å². The number of nitrogens with zero attached hydrogens (tertiary/aromatic N) is 1. The van der Waals surface area contributed by atoms with Crippen molar-refractivity contribution in [2.45, 2.75) is 37.6 Å². The molecule has 0 fully saturated rings. The monoisotopic (exact) mass is 301 g/mol. The van der Waals surface area contributed by atoms with Gasteiger partial charge in [0.15, 0.2) is 0 Å². The van der Waals surface area contributed by atoms with Crippen LogP contribution in [-0.4, -0.2) is 14.5 Å². The standard InChI is InChI=1S/C17H19NO2S/c1-13-7-3-6-10-17(13)21(19,20)18-14(2)11-12-15-8-4-5-9-16(15)18/h3-10,14H,11-12H2,1-2H3. The normalized spacial score (nSPS) is 18.4. The van der Waals surface area contributed by atoms with E-state index < -0.39 is 10.0 Å². The highest BCUT2D eigenvalue weighted by atomic mass is 32.2. The molecule has 3 nitrogen and oxygen atoms in total. The molecule has 0 spiro atoms. The van der Waals surface area contributed by atoms with E-state index in [2.05, 4.69) is 0 Å². The summed E-state index contributed by atoms with van der Waals surface area (Å²) in [6.07, 6.45) is 1.78. The molecule has 0 amide bonds. The van der Waals surface area contributed by atoms with E-state index in [0.29, 0.717) is 4.90 Å². The van der Waals surface area contributed by atoms with Gasteiger partial charge in [-0.25, -0.2) is 8.42 Å². The maximum atomic E-state index is 13.1. The van der Waals surface area contributed by atoms with Crippen LogP contribution in [0.5, 0.6) is 0 Å². The fourth-order valence-electron chi connectivity index (χ4n) is 2.97. The van der Waals surface area contributed by atoms with Crippen molar-refractivity contribution >= 4 is 15.7 Å². The summed E-state index contributed by atoms with van der Waals surface area (Å²) in [7, 11) is -3.52. The van der Waals surface area contributed by atoms with E-state index in [0.717, 1.165) is 29.7 Å². The third kappa shape index (κ3) is 2.33. The van der Waals surface area contributed by atoms with Crippen molar-refractivity contribution < 1.29 is 8.42 Å². The average Bonchev–Trinajstić information content (AvgIpc) is 2.47. The first-order chi connectivity index (χ1) is 10.0. The molecule has 0 saturated carbocycles. The van der Waals surface area contributed by atoms with Gasteiger partial charge in [-0.3, -0.25) is 4.31 Å². The third-order valence-electron chi connectivity index (χ3n) is 4.09. The van der Waals surface area contributed by atoms with Gasteiger partial charge in [0.25, 0.3) is 10.0 Å². The van der Waals surface area contributed by atoms with E-state index in [9.17, 15) is 8.42 Å². The summed E-state index contributed by atoms with van der Waals surface area (Å²) in [5.74, 6) is 0. The maximum absolute atomic E-state index is 13.1. The second-order valence-corrected chi connectivity index (χ2v) is 7.37. The SMILES string of the molecule is Cc1ccccc1S(=O)(=O)N1c2ccccc2CCC1C. The van der Waals surface area contributed by atoms with Gasteiger partial charge in [-0.15, -0.1) is 0 Å². The molecule has 1 heterocycles. The highest BCUT2D eigenvalue weighted by molar-refractivity contribution is 7.93. The lowest BCUT2D eigenvalue weighted by molar-refractivity contribution is 0.562. The van der Waals surface area contributed by atoms with Crippen molar-refractivity contribution in [3.05, 3.63) is 59.7 Å². The van der Waals surface area contributed by atoms with Gasteiger partial charge in [0.05, 0.1) is 10.6 Å². The Kier molecular flexibility index (Phi) is 3.49. The summed E-state index contributed by atoms with van der Waals surface area (Å²) >= 11 is 0. The molecular weight excluding hydrogens is 282 g/mol. The molecule has 1 unspecified atom stereocenters. The van der Waals surface area contributed by atoms with Crippen molar-refractivity contribution in [3.63, 3.8) is 0 Å². The first kappa shape index (κ1) is 14.1. The first-order valence-corrected chi connectivity index (χ1v) is 8.64. The van der Waals surface area contributed by atoms with Crippen LogP contribution in [0.15, 0.2) is 53.4 Å². The Balaban J connectivity index is 2.17. The molecule has 0 bridgehead atoms. The van der Waals surface area contributed by atoms with Gasteiger partial charge in [-0.05, 0) is 49.9 Å². The van der Waals surface area contributed by atoms with Crippen molar-refractivity contribution in [2.75, 3.05) is 4.31 Å². The number of rotatable bonds is 2. The minimum atomic E-state index is -3.52. The lowest BCUT2D eigenvalue weighted by Gasteiger charge is -2.36. The Morgan fingerprint density at radius 2 is 1.71 bits per heavy atom. The Morgan fingerprint density at radius 3 is 2.48 bits per heavy atom. The smallest absolute Gasteiger partial charge is 0.263 e. The van der Waals surface area contributed by atoms with Crippen molar-refractivity contribution in [2.24, 2.45) is 0 Å². The number of para-hydroxylation sites is 1. The number of anilines is 1. The molecule has 0 radical (unpaired) electrons. The molecule has 0 aliphatic carbocycles. The van der Waals surface area contributed by atoms with E-state index in [-0.39, 0.29) is 6.04 Å². The van der Waals surface area contributed by atoms with Gasteiger partial charge in [-0.1, -0.05) is 36.4 Å². The number of hydrogen-bond donors (Lipinski definition) is 0. The summed E-state index contributed by atoms with van der Waals surface area (Å²) in [5, 5.41) is 0. The zero-order valence-electron chi connectivity index (χ0n) is 12.3. The molecule has 1 atom stereocenters. The van der Waals surface area contributed by atoms with Gasteiger partial charge >= 0.3 is 0 Å². The lowest BCUT2D eigenvalue weighted by atomic mass is 9.99. The minimum Gasteiger partial charge on any atom is -0.263 e. The average molecular weight is 301 g/mol. The summed E-state index contributed by atoms with van der Waals surface area (Å²) < 4.78 is 27.8. The molecule has 0 N–H and O–H groups in total. The lowest BCUT2D eigenvalue weighted by Crippen LogP contribution is -2.42. The van der Waals surface area contributed by atoms with Crippen LogP contribution in [0.1, 0.15) is 24.5 Å². The fraction of sp³-hybridized carbons (Fsp3) is 0.294. The zero-order valence-corrected chi connectivity index (χ0v) is 13.1. The van der Waals surface area contributed by atoms with E-state index in [4.69, 9.17) is 0 Å². The predicted molar refractivity (Wildman–Crippen MR) is 85.1 cm³/mol. The topological polar surface area (TPSA) is 37.4 Å². The zero-order chi connectivity index (χ0) is 15.0. The highest BCUT2D eigenvalue weighted by Gasteiger charge is 2.34. The second kappa shape index (κ2) is 5.19. The Bertz CT molecular complexity index is 768. The van der Waals surface area contributed by atoms with E-state index >= 15 is 0 Å². The molecule has 3 rings (SSSR count). The summed E-state index contributed by atoms with van der Waals surface area (Å²) in [6.45, 7) is 3.82. The number of benzene rings is 2. The van der Waals surface area contributed by atoms with Crippen LogP contribution in [-0.2, 0) is 16.4 Å². The number of sulfonamides is 1. The fourth-order valence-corrected chi connectivity index (χ4v) is 4.93. The van der Waals surface area contributed by atoms with Gasteiger partial charge < -0.3 is 0 Å². The maximum Gasteiger partial charge on any atom is 0.264 e. The summed E-state index contributed by atoms with van der Waals surface area (Å²) in [6, 6.07) is 14.9. The van der Waals surface area contributed by atoms with Gasteiger partial charge in [-0.2, -0.15) is 0 Å². The molecule has 2 aromatic carbocycles. The molecule has 0 saturated heterocycles. The molecule has 21 heavy (non-hydrogen) atoms. The Morgan fingerprint density at radius 1 is 1.05 bits per heavy atom. The van der Waals surface area contributed by atoms with Gasteiger partial charge in [0.1, 0.15) is 0 Å². The molecule has 4 heteroatoms. The van der Waals surface area contributed by atoms with Gasteiger partial charge in [0.2, 0.25) is 0 Å². The molecular formula is C17H19NO2S. The van der Waals surface area contributed by atoms with Crippen LogP contribution in [0.2, 0.25) is 0 Å². The van der Waals surface area contributed by atoms with Crippen LogP contribution < -0.4 is 4.31 Å². The predicted octanol–water partition coefficient (Wildman–Crippen LogP) is 3.53. The summed E-state index contributed by atoms with van der Waals surface area (Å²) in [4.78, 5) is 0.397. The van der Waals surface area contributed by atoms with E-state index in [1.807, 2.05) is 50.2 Å². The minimum absolute atomic E-state index is 0.0236. The largest absolute Gasteiger partial charge is 0.264 e. The van der Waals surface area contributed by atoms with Crippen LogP contribution in [0.3, 0.4) is 0 Å². The Hall–Kier alpha value is -1.81. The second-order valence-electron chi connectivity index (χ2n) is 5.58. The first-order valence-electron chi connectivity index (χ1n) is 7.20. The van der Waals surface area contributed by atoms with Crippen LogP contribution in [0.25, 0.3) is 0 Å². The van der Waals surface area contributed by atoms with Crippen LogP contribution >= 0.6 is 0 Å². The summed E-state index contributed by atoms with van der Waals surface area (Å²) in [5.41, 5.74) is 2.71. The Labute approximate surface area is 126 Å². The highest BCUT2D eigenvalue weighted by Crippen LogP contribution is 2.35. The molecule has 0 aromatic heterocycles. The van der Waals surface area contributed by atoms with E-state index in [1.54, 1.807) is 16.4 Å². The van der Waals surface area contributed by atoms with E-state index in [1.165, 1.54) is 0 Å². The molecule has 1 aliphatic heterocycles. The van der Waals surface area contributed by atoms with Crippen LogP contribution in [0, 0.1) is 6.92 Å². The quantitative estimate of drug-likeness (QED) is 0.851. The number of fused-ring (bicyclic) bond motifs is 1. The van der Waals surface area contributed by atoms with Crippen molar-refractivity contribution in [3.8, 4) is 0 Å². The van der Waals surface area contributed by atoms with Gasteiger partial charge in [0, 0.05) is 6.04 Å². The van der Waals surface area contributed by atoms with Crippen molar-refractivity contribution in [1.82, 2.24) is 0 Å².